The quantitative estimate of drug-likeness (QED) is 0.857. The van der Waals surface area contributed by atoms with Crippen LogP contribution < -0.4 is 20.1 Å². The lowest BCUT2D eigenvalue weighted by Crippen LogP contribution is -2.45. The van der Waals surface area contributed by atoms with E-state index in [-0.39, 0.29) is 11.9 Å². The molecule has 0 bridgehead atoms. The Morgan fingerprint density at radius 3 is 2.84 bits per heavy atom. The molecule has 5 nitrogen and oxygen atoms in total. The van der Waals surface area contributed by atoms with Gasteiger partial charge in [-0.3, -0.25) is 4.79 Å². The molecule has 1 unspecified atom stereocenters. The zero-order valence-corrected chi connectivity index (χ0v) is 11.4. The lowest BCUT2D eigenvalue weighted by atomic mass is 10.1. The second kappa shape index (κ2) is 6.43. The van der Waals surface area contributed by atoms with Crippen LogP contribution in [-0.4, -0.2) is 39.3 Å². The summed E-state index contributed by atoms with van der Waals surface area (Å²) in [6.45, 7) is 1.85. The molecule has 104 valence electrons. The van der Waals surface area contributed by atoms with Crippen LogP contribution in [0.1, 0.15) is 23.2 Å². The first-order valence-electron chi connectivity index (χ1n) is 6.48. The maximum absolute atomic E-state index is 12.2. The van der Waals surface area contributed by atoms with E-state index in [1.807, 2.05) is 0 Å². The van der Waals surface area contributed by atoms with Crippen LogP contribution in [0.3, 0.4) is 0 Å². The Labute approximate surface area is 113 Å². The van der Waals surface area contributed by atoms with Crippen LogP contribution in [0.4, 0.5) is 0 Å². The highest BCUT2D eigenvalue weighted by Gasteiger charge is 2.19. The van der Waals surface area contributed by atoms with Gasteiger partial charge in [0.2, 0.25) is 0 Å². The number of nitrogens with one attached hydrogen (secondary N) is 2. The van der Waals surface area contributed by atoms with Gasteiger partial charge in [0, 0.05) is 18.7 Å². The minimum atomic E-state index is -0.104. The minimum absolute atomic E-state index is 0.104. The minimum Gasteiger partial charge on any atom is -0.497 e. The molecule has 0 aromatic heterocycles. The monoisotopic (exact) mass is 264 g/mol. The van der Waals surface area contributed by atoms with Crippen LogP contribution in [0.5, 0.6) is 11.5 Å². The van der Waals surface area contributed by atoms with Gasteiger partial charge >= 0.3 is 0 Å². The van der Waals surface area contributed by atoms with Crippen molar-refractivity contribution in [3.8, 4) is 11.5 Å². The number of ether oxygens (including phenoxy) is 2. The van der Waals surface area contributed by atoms with Crippen molar-refractivity contribution in [1.82, 2.24) is 10.6 Å². The number of amides is 1. The van der Waals surface area contributed by atoms with Gasteiger partial charge in [-0.1, -0.05) is 0 Å². The summed E-state index contributed by atoms with van der Waals surface area (Å²) in [5, 5.41) is 6.30. The number of methoxy groups -OCH3 is 2. The van der Waals surface area contributed by atoms with Crippen LogP contribution in [0.15, 0.2) is 18.2 Å². The number of carbonyl (C=O) groups excluding carboxylic acids is 1. The highest BCUT2D eigenvalue weighted by molar-refractivity contribution is 5.97. The topological polar surface area (TPSA) is 59.6 Å². The third-order valence-electron chi connectivity index (χ3n) is 3.29. The van der Waals surface area contributed by atoms with Crippen LogP contribution in [0.25, 0.3) is 0 Å². The second-order valence-corrected chi connectivity index (χ2v) is 4.58. The smallest absolute Gasteiger partial charge is 0.255 e. The van der Waals surface area contributed by atoms with Crippen molar-refractivity contribution in [1.29, 1.82) is 0 Å². The molecule has 1 aliphatic heterocycles. The fraction of sp³-hybridized carbons (Fsp3) is 0.500. The summed E-state index contributed by atoms with van der Waals surface area (Å²) in [5.41, 5.74) is 0.536. The third-order valence-corrected chi connectivity index (χ3v) is 3.29. The van der Waals surface area contributed by atoms with Crippen molar-refractivity contribution < 1.29 is 14.3 Å². The second-order valence-electron chi connectivity index (χ2n) is 4.58. The molecule has 1 saturated heterocycles. The van der Waals surface area contributed by atoms with Crippen LogP contribution in [-0.2, 0) is 0 Å². The number of hydrogen-bond donors (Lipinski definition) is 2. The number of benzene rings is 1. The molecule has 19 heavy (non-hydrogen) atoms. The van der Waals surface area contributed by atoms with Crippen molar-refractivity contribution in [2.45, 2.75) is 18.9 Å². The maximum Gasteiger partial charge on any atom is 0.255 e. The normalized spacial score (nSPS) is 18.7. The molecule has 0 saturated carbocycles. The van der Waals surface area contributed by atoms with Gasteiger partial charge in [0.15, 0.2) is 0 Å². The van der Waals surface area contributed by atoms with Gasteiger partial charge in [-0.2, -0.15) is 0 Å². The predicted molar refractivity (Wildman–Crippen MR) is 72.9 cm³/mol. The van der Waals surface area contributed by atoms with E-state index in [4.69, 9.17) is 9.47 Å². The molecule has 5 heteroatoms. The molecule has 0 radical (unpaired) electrons. The molecule has 0 aliphatic carbocycles. The van der Waals surface area contributed by atoms with Gasteiger partial charge in [-0.25, -0.2) is 0 Å². The summed E-state index contributed by atoms with van der Waals surface area (Å²) in [5.74, 6) is 1.10. The molecule has 2 rings (SSSR count). The SMILES string of the molecule is COc1ccc(C(=O)NC2CCCNC2)c(OC)c1. The van der Waals surface area contributed by atoms with Gasteiger partial charge in [0.1, 0.15) is 11.5 Å². The first-order valence-corrected chi connectivity index (χ1v) is 6.48. The predicted octanol–water partition coefficient (Wildman–Crippen LogP) is 1.19. The number of piperidine rings is 1. The number of carbonyl (C=O) groups is 1. The third kappa shape index (κ3) is 3.38. The van der Waals surface area contributed by atoms with Gasteiger partial charge in [-0.15, -0.1) is 0 Å². The zero-order valence-electron chi connectivity index (χ0n) is 11.4. The highest BCUT2D eigenvalue weighted by Crippen LogP contribution is 2.24. The molecule has 1 aromatic carbocycles. The average molecular weight is 264 g/mol. The molecule has 1 fully saturated rings. The fourth-order valence-corrected chi connectivity index (χ4v) is 2.22. The van der Waals surface area contributed by atoms with E-state index in [0.29, 0.717) is 17.1 Å². The van der Waals surface area contributed by atoms with E-state index in [1.54, 1.807) is 32.4 Å². The molecular formula is C14H20N2O3. The van der Waals surface area contributed by atoms with E-state index >= 15 is 0 Å². The highest BCUT2D eigenvalue weighted by atomic mass is 16.5. The van der Waals surface area contributed by atoms with Crippen molar-refractivity contribution in [2.24, 2.45) is 0 Å². The average Bonchev–Trinajstić information content (AvgIpc) is 2.47. The van der Waals surface area contributed by atoms with E-state index in [0.717, 1.165) is 25.9 Å². The zero-order chi connectivity index (χ0) is 13.7. The lowest BCUT2D eigenvalue weighted by Gasteiger charge is -2.24. The van der Waals surface area contributed by atoms with Gasteiger partial charge in [0.05, 0.1) is 19.8 Å². The first-order chi connectivity index (χ1) is 9.24. The Morgan fingerprint density at radius 2 is 2.21 bits per heavy atom. The Hall–Kier alpha value is -1.75. The molecular weight excluding hydrogens is 244 g/mol. The van der Waals surface area contributed by atoms with E-state index in [2.05, 4.69) is 10.6 Å². The van der Waals surface area contributed by atoms with Crippen molar-refractivity contribution in [2.75, 3.05) is 27.3 Å². The Kier molecular flexibility index (Phi) is 4.63. The summed E-state index contributed by atoms with van der Waals surface area (Å²) in [7, 11) is 3.13. The lowest BCUT2D eigenvalue weighted by molar-refractivity contribution is 0.0927. The standard InChI is InChI=1S/C14H20N2O3/c1-18-11-5-6-12(13(8-11)19-2)14(17)16-10-4-3-7-15-9-10/h5-6,8,10,15H,3-4,7,9H2,1-2H3,(H,16,17). The molecule has 0 spiro atoms. The van der Waals surface area contributed by atoms with Crippen molar-refractivity contribution in [3.63, 3.8) is 0 Å². The summed E-state index contributed by atoms with van der Waals surface area (Å²) < 4.78 is 10.4. The largest absolute Gasteiger partial charge is 0.497 e. The van der Waals surface area contributed by atoms with Crippen molar-refractivity contribution >= 4 is 5.91 Å². The molecule has 2 N–H and O–H groups in total. The first kappa shape index (κ1) is 13.7. The van der Waals surface area contributed by atoms with Gasteiger partial charge in [0.25, 0.3) is 5.91 Å². The van der Waals surface area contributed by atoms with E-state index < -0.39 is 0 Å². The Balaban J connectivity index is 2.09. The Bertz CT molecular complexity index is 442. The van der Waals surface area contributed by atoms with E-state index in [1.165, 1.54) is 0 Å². The summed E-state index contributed by atoms with van der Waals surface area (Å²) in [6.07, 6.45) is 2.10. The Morgan fingerprint density at radius 1 is 1.37 bits per heavy atom. The molecule has 1 aromatic rings. The van der Waals surface area contributed by atoms with Crippen LogP contribution in [0.2, 0.25) is 0 Å². The van der Waals surface area contributed by atoms with Gasteiger partial charge < -0.3 is 20.1 Å². The van der Waals surface area contributed by atoms with E-state index in [9.17, 15) is 4.79 Å². The fourth-order valence-electron chi connectivity index (χ4n) is 2.22. The molecule has 1 aliphatic rings. The summed E-state index contributed by atoms with van der Waals surface area (Å²) in [4.78, 5) is 12.2. The molecule has 1 atom stereocenters. The number of rotatable bonds is 4. The summed E-state index contributed by atoms with van der Waals surface area (Å²) >= 11 is 0. The van der Waals surface area contributed by atoms with Crippen LogP contribution >= 0.6 is 0 Å². The maximum atomic E-state index is 12.2. The van der Waals surface area contributed by atoms with Gasteiger partial charge in [-0.05, 0) is 31.5 Å². The van der Waals surface area contributed by atoms with Crippen LogP contribution in [0, 0.1) is 0 Å². The molecule has 1 heterocycles. The summed E-state index contributed by atoms with van der Waals surface area (Å²) in [6, 6.07) is 5.39. The van der Waals surface area contributed by atoms with Crippen molar-refractivity contribution in [3.05, 3.63) is 23.8 Å². The molecule has 1 amide bonds. The number of hydrogen-bond acceptors (Lipinski definition) is 4.